The van der Waals surface area contributed by atoms with E-state index >= 15 is 0 Å². The molecule has 0 heterocycles. The molecule has 1 amide bonds. The molecule has 0 aliphatic carbocycles. The van der Waals surface area contributed by atoms with Crippen molar-refractivity contribution in [3.05, 3.63) is 53.6 Å². The predicted molar refractivity (Wildman–Crippen MR) is 83.1 cm³/mol. The zero-order valence-electron chi connectivity index (χ0n) is 11.5. The van der Waals surface area contributed by atoms with Crippen LogP contribution in [0.2, 0.25) is 0 Å². The molecular formula is C16H19N3O. The van der Waals surface area contributed by atoms with Crippen molar-refractivity contribution in [1.82, 2.24) is 0 Å². The second-order valence-corrected chi connectivity index (χ2v) is 4.70. The molecule has 2 aromatic carbocycles. The number of rotatable bonds is 5. The van der Waals surface area contributed by atoms with Crippen LogP contribution in [0.25, 0.3) is 0 Å². The van der Waals surface area contributed by atoms with E-state index < -0.39 is 5.91 Å². The number of hydrogen-bond donors (Lipinski definition) is 3. The molecule has 104 valence electrons. The number of carbonyl (C=O) groups excluding carboxylic acids is 1. The highest BCUT2D eigenvalue weighted by Gasteiger charge is 2.07. The maximum atomic E-state index is 11.2. The molecule has 0 atom stereocenters. The number of amides is 1. The Bertz CT molecular complexity index is 623. The first-order chi connectivity index (χ1) is 9.61. The molecule has 0 aliphatic rings. The summed E-state index contributed by atoms with van der Waals surface area (Å²) in [4.78, 5) is 11.2. The summed E-state index contributed by atoms with van der Waals surface area (Å²) in [5.41, 5.74) is 15.2. The molecular weight excluding hydrogens is 250 g/mol. The van der Waals surface area contributed by atoms with Crippen LogP contribution in [-0.2, 0) is 6.42 Å². The number of para-hydroxylation sites is 1. The number of aryl methyl sites for hydroxylation is 1. The molecule has 0 spiro atoms. The minimum Gasteiger partial charge on any atom is -0.397 e. The molecule has 0 fully saturated rings. The van der Waals surface area contributed by atoms with E-state index in [1.807, 2.05) is 18.2 Å². The number of benzene rings is 2. The van der Waals surface area contributed by atoms with Gasteiger partial charge in [0.25, 0.3) is 0 Å². The lowest BCUT2D eigenvalue weighted by Gasteiger charge is -2.14. The van der Waals surface area contributed by atoms with Gasteiger partial charge in [0, 0.05) is 11.3 Å². The van der Waals surface area contributed by atoms with Crippen molar-refractivity contribution < 1.29 is 4.79 Å². The van der Waals surface area contributed by atoms with Crippen molar-refractivity contribution in [2.75, 3.05) is 11.1 Å². The van der Waals surface area contributed by atoms with Crippen molar-refractivity contribution in [1.29, 1.82) is 0 Å². The summed E-state index contributed by atoms with van der Waals surface area (Å²) in [7, 11) is 0. The molecule has 0 bridgehead atoms. The molecule has 0 aromatic heterocycles. The Balaban J connectivity index is 2.34. The van der Waals surface area contributed by atoms with E-state index in [2.05, 4.69) is 18.3 Å². The molecule has 20 heavy (non-hydrogen) atoms. The Hall–Kier alpha value is -2.49. The fraction of sp³-hybridized carbons (Fsp3) is 0.188. The van der Waals surface area contributed by atoms with E-state index in [0.29, 0.717) is 16.9 Å². The van der Waals surface area contributed by atoms with Crippen molar-refractivity contribution in [2.24, 2.45) is 5.73 Å². The highest BCUT2D eigenvalue weighted by molar-refractivity contribution is 5.95. The maximum absolute atomic E-state index is 11.2. The minimum atomic E-state index is -0.463. The first-order valence-corrected chi connectivity index (χ1v) is 6.66. The molecule has 5 N–H and O–H groups in total. The third-order valence-electron chi connectivity index (χ3n) is 3.14. The largest absolute Gasteiger partial charge is 0.397 e. The van der Waals surface area contributed by atoms with Crippen LogP contribution in [-0.4, -0.2) is 5.91 Å². The van der Waals surface area contributed by atoms with Crippen molar-refractivity contribution in [2.45, 2.75) is 19.8 Å². The molecule has 0 saturated heterocycles. The van der Waals surface area contributed by atoms with Crippen molar-refractivity contribution in [3.8, 4) is 0 Å². The number of primary amides is 1. The lowest BCUT2D eigenvalue weighted by Crippen LogP contribution is -2.11. The maximum Gasteiger partial charge on any atom is 0.248 e. The third kappa shape index (κ3) is 3.09. The van der Waals surface area contributed by atoms with Gasteiger partial charge in [-0.05, 0) is 36.2 Å². The number of nitrogen functional groups attached to an aromatic ring is 1. The van der Waals surface area contributed by atoms with Crippen LogP contribution >= 0.6 is 0 Å². The Morgan fingerprint density at radius 3 is 2.60 bits per heavy atom. The number of nitrogens with one attached hydrogen (secondary N) is 1. The van der Waals surface area contributed by atoms with Gasteiger partial charge in [-0.3, -0.25) is 4.79 Å². The minimum absolute atomic E-state index is 0.440. The molecule has 4 nitrogen and oxygen atoms in total. The van der Waals surface area contributed by atoms with Crippen LogP contribution in [0.5, 0.6) is 0 Å². The quantitative estimate of drug-likeness (QED) is 0.730. The van der Waals surface area contributed by atoms with Crippen LogP contribution < -0.4 is 16.8 Å². The normalized spacial score (nSPS) is 10.2. The number of hydrogen-bond acceptors (Lipinski definition) is 3. The predicted octanol–water partition coefficient (Wildman–Crippen LogP) is 3.06. The second-order valence-electron chi connectivity index (χ2n) is 4.70. The fourth-order valence-corrected chi connectivity index (χ4v) is 2.09. The SMILES string of the molecule is CCCc1ccccc1Nc1cc(C(N)=O)ccc1N. The second kappa shape index (κ2) is 6.10. The zero-order chi connectivity index (χ0) is 14.5. The standard InChI is InChI=1S/C16H19N3O/c1-2-5-11-6-3-4-7-14(11)19-15-10-12(16(18)20)8-9-13(15)17/h3-4,6-10,19H,2,5,17H2,1H3,(H2,18,20). The van der Waals surface area contributed by atoms with Gasteiger partial charge < -0.3 is 16.8 Å². The highest BCUT2D eigenvalue weighted by atomic mass is 16.1. The first kappa shape index (κ1) is 13.9. The summed E-state index contributed by atoms with van der Waals surface area (Å²) in [6.45, 7) is 2.14. The van der Waals surface area contributed by atoms with E-state index in [-0.39, 0.29) is 0 Å². The Kier molecular flexibility index (Phi) is 4.25. The van der Waals surface area contributed by atoms with E-state index in [0.717, 1.165) is 18.5 Å². The monoisotopic (exact) mass is 269 g/mol. The van der Waals surface area contributed by atoms with Gasteiger partial charge in [0.1, 0.15) is 0 Å². The Morgan fingerprint density at radius 2 is 1.90 bits per heavy atom. The molecule has 2 rings (SSSR count). The fourth-order valence-electron chi connectivity index (χ4n) is 2.09. The van der Waals surface area contributed by atoms with Crippen molar-refractivity contribution >= 4 is 23.0 Å². The van der Waals surface area contributed by atoms with Crippen molar-refractivity contribution in [3.63, 3.8) is 0 Å². The van der Waals surface area contributed by atoms with E-state index in [1.165, 1.54) is 5.56 Å². The van der Waals surface area contributed by atoms with E-state index in [9.17, 15) is 4.79 Å². The highest BCUT2D eigenvalue weighted by Crippen LogP contribution is 2.27. The van der Waals surface area contributed by atoms with Gasteiger partial charge in [-0.15, -0.1) is 0 Å². The molecule has 2 aromatic rings. The zero-order valence-corrected chi connectivity index (χ0v) is 11.5. The summed E-state index contributed by atoms with van der Waals surface area (Å²) in [6.07, 6.45) is 2.05. The Morgan fingerprint density at radius 1 is 1.15 bits per heavy atom. The molecule has 0 saturated carbocycles. The summed E-state index contributed by atoms with van der Waals surface area (Å²) < 4.78 is 0. The van der Waals surface area contributed by atoms with Gasteiger partial charge in [0.2, 0.25) is 5.91 Å². The van der Waals surface area contributed by atoms with E-state index in [4.69, 9.17) is 11.5 Å². The van der Waals surface area contributed by atoms with Gasteiger partial charge >= 0.3 is 0 Å². The molecule has 0 radical (unpaired) electrons. The lowest BCUT2D eigenvalue weighted by molar-refractivity contribution is 0.100. The molecule has 0 aliphatic heterocycles. The first-order valence-electron chi connectivity index (χ1n) is 6.66. The van der Waals surface area contributed by atoms with Crippen LogP contribution in [0.4, 0.5) is 17.1 Å². The Labute approximate surface area is 118 Å². The smallest absolute Gasteiger partial charge is 0.248 e. The van der Waals surface area contributed by atoms with Gasteiger partial charge in [-0.1, -0.05) is 31.5 Å². The van der Waals surface area contributed by atoms with E-state index in [1.54, 1.807) is 18.2 Å². The van der Waals surface area contributed by atoms with Crippen LogP contribution in [0.15, 0.2) is 42.5 Å². The van der Waals surface area contributed by atoms with Gasteiger partial charge in [0.15, 0.2) is 0 Å². The summed E-state index contributed by atoms with van der Waals surface area (Å²) in [5, 5.41) is 3.29. The number of carbonyl (C=O) groups is 1. The van der Waals surface area contributed by atoms with Gasteiger partial charge in [-0.25, -0.2) is 0 Å². The summed E-state index contributed by atoms with van der Waals surface area (Å²) in [5.74, 6) is -0.463. The number of nitrogens with two attached hydrogens (primary N) is 2. The summed E-state index contributed by atoms with van der Waals surface area (Å²) >= 11 is 0. The third-order valence-corrected chi connectivity index (χ3v) is 3.14. The average Bonchev–Trinajstić information content (AvgIpc) is 2.43. The molecule has 0 unspecified atom stereocenters. The van der Waals surface area contributed by atoms with Gasteiger partial charge in [0.05, 0.1) is 11.4 Å². The van der Waals surface area contributed by atoms with Gasteiger partial charge in [-0.2, -0.15) is 0 Å². The average molecular weight is 269 g/mol. The number of anilines is 3. The lowest BCUT2D eigenvalue weighted by atomic mass is 10.1. The van der Waals surface area contributed by atoms with Crippen LogP contribution in [0.3, 0.4) is 0 Å². The molecule has 4 heteroatoms. The van der Waals surface area contributed by atoms with Crippen LogP contribution in [0, 0.1) is 0 Å². The van der Waals surface area contributed by atoms with Crippen LogP contribution in [0.1, 0.15) is 29.3 Å². The topological polar surface area (TPSA) is 81.1 Å². The summed E-state index contributed by atoms with van der Waals surface area (Å²) in [6, 6.07) is 13.1.